The van der Waals surface area contributed by atoms with Gasteiger partial charge in [0, 0.05) is 11.3 Å². The van der Waals surface area contributed by atoms with E-state index in [1.807, 2.05) is 18.2 Å². The van der Waals surface area contributed by atoms with Crippen molar-refractivity contribution in [3.63, 3.8) is 0 Å². The highest BCUT2D eigenvalue weighted by Gasteiger charge is 2.35. The molecule has 1 aromatic rings. The summed E-state index contributed by atoms with van der Waals surface area (Å²) >= 11 is 1.74. The van der Waals surface area contributed by atoms with Gasteiger partial charge in [-0.2, -0.15) is 0 Å². The monoisotopic (exact) mass is 262 g/mol. The van der Waals surface area contributed by atoms with Crippen LogP contribution in [-0.4, -0.2) is 11.0 Å². The Balaban J connectivity index is 2.05. The van der Waals surface area contributed by atoms with Crippen molar-refractivity contribution in [1.82, 2.24) is 0 Å². The normalized spacial score (nSPS) is 25.2. The van der Waals surface area contributed by atoms with Gasteiger partial charge in [0.2, 0.25) is 0 Å². The molecular formula is C16H22OS. The molecule has 18 heavy (non-hydrogen) atoms. The molecule has 0 bridgehead atoms. The Morgan fingerprint density at radius 2 is 1.83 bits per heavy atom. The zero-order valence-electron chi connectivity index (χ0n) is 11.5. The van der Waals surface area contributed by atoms with E-state index in [4.69, 9.17) is 0 Å². The third kappa shape index (κ3) is 3.38. The summed E-state index contributed by atoms with van der Waals surface area (Å²) in [6.45, 7) is 6.87. The lowest BCUT2D eigenvalue weighted by Crippen LogP contribution is -2.33. The van der Waals surface area contributed by atoms with E-state index in [1.54, 1.807) is 11.8 Å². The van der Waals surface area contributed by atoms with Crippen LogP contribution in [0.4, 0.5) is 0 Å². The molecule has 0 amide bonds. The van der Waals surface area contributed by atoms with Gasteiger partial charge in [-0.15, -0.1) is 11.8 Å². The Labute approximate surface area is 114 Å². The molecule has 0 radical (unpaired) electrons. The molecule has 0 saturated heterocycles. The molecule has 0 spiro atoms. The maximum Gasteiger partial charge on any atom is 0.146 e. The fourth-order valence-corrected chi connectivity index (χ4v) is 3.77. The lowest BCUT2D eigenvalue weighted by Gasteiger charge is -2.36. The summed E-state index contributed by atoms with van der Waals surface area (Å²) in [5.41, 5.74) is 0.316. The second-order valence-electron chi connectivity index (χ2n) is 6.22. The summed E-state index contributed by atoms with van der Waals surface area (Å²) in [5, 5.41) is 0.158. The summed E-state index contributed by atoms with van der Waals surface area (Å²) in [6.07, 6.45) is 2.85. The highest BCUT2D eigenvalue weighted by molar-refractivity contribution is 8.00. The van der Waals surface area contributed by atoms with Crippen LogP contribution in [0.2, 0.25) is 0 Å². The Morgan fingerprint density at radius 3 is 2.44 bits per heavy atom. The largest absolute Gasteiger partial charge is 0.298 e. The van der Waals surface area contributed by atoms with Gasteiger partial charge in [0.15, 0.2) is 0 Å². The highest BCUT2D eigenvalue weighted by atomic mass is 32.2. The topological polar surface area (TPSA) is 17.1 Å². The zero-order valence-corrected chi connectivity index (χ0v) is 12.3. The minimum atomic E-state index is 0.158. The molecule has 0 aromatic heterocycles. The zero-order chi connectivity index (χ0) is 13.2. The third-order valence-electron chi connectivity index (χ3n) is 3.84. The van der Waals surface area contributed by atoms with E-state index in [0.29, 0.717) is 17.1 Å². The van der Waals surface area contributed by atoms with Crippen LogP contribution in [0.5, 0.6) is 0 Å². The highest BCUT2D eigenvalue weighted by Crippen LogP contribution is 2.41. The summed E-state index contributed by atoms with van der Waals surface area (Å²) in [4.78, 5) is 13.3. The molecule has 0 unspecified atom stereocenters. The standard InChI is InChI=1S/C16H22OS/c1-16(2,3)12-9-10-14(17)15(11-12)18-13-7-5-4-6-8-13/h4-8,12,15H,9-11H2,1-3H3/t12-,15+/m1/s1. The molecule has 2 rings (SSSR count). The predicted octanol–water partition coefficient (Wildman–Crippen LogP) is 4.56. The molecule has 1 saturated carbocycles. The van der Waals surface area contributed by atoms with Crippen LogP contribution in [-0.2, 0) is 4.79 Å². The van der Waals surface area contributed by atoms with E-state index >= 15 is 0 Å². The van der Waals surface area contributed by atoms with Crippen molar-refractivity contribution < 1.29 is 4.79 Å². The Kier molecular flexibility index (Phi) is 4.16. The molecule has 1 nitrogen and oxygen atoms in total. The van der Waals surface area contributed by atoms with Gasteiger partial charge in [-0.05, 0) is 36.3 Å². The van der Waals surface area contributed by atoms with Crippen molar-refractivity contribution >= 4 is 17.5 Å². The molecular weight excluding hydrogens is 240 g/mol. The van der Waals surface area contributed by atoms with E-state index in [1.165, 1.54) is 4.90 Å². The summed E-state index contributed by atoms with van der Waals surface area (Å²) in [7, 11) is 0. The number of rotatable bonds is 2. The first-order valence-electron chi connectivity index (χ1n) is 6.71. The number of carbonyl (C=O) groups is 1. The maximum atomic E-state index is 12.1. The maximum absolute atomic E-state index is 12.1. The van der Waals surface area contributed by atoms with Crippen molar-refractivity contribution in [2.24, 2.45) is 11.3 Å². The average Bonchev–Trinajstić information content (AvgIpc) is 2.32. The number of hydrogen-bond acceptors (Lipinski definition) is 2. The van der Waals surface area contributed by atoms with Crippen molar-refractivity contribution in [2.75, 3.05) is 0 Å². The van der Waals surface area contributed by atoms with Crippen LogP contribution in [0.25, 0.3) is 0 Å². The van der Waals surface area contributed by atoms with Crippen molar-refractivity contribution in [2.45, 2.75) is 50.2 Å². The number of carbonyl (C=O) groups excluding carboxylic acids is 1. The van der Waals surface area contributed by atoms with Crippen molar-refractivity contribution in [3.8, 4) is 0 Å². The molecule has 98 valence electrons. The number of Topliss-reactive ketones (excluding diaryl/α,β-unsaturated/α-hetero) is 1. The number of ketones is 1. The molecule has 1 aromatic carbocycles. The van der Waals surface area contributed by atoms with Crippen LogP contribution in [0.1, 0.15) is 40.0 Å². The number of thioether (sulfide) groups is 1. The third-order valence-corrected chi connectivity index (χ3v) is 5.13. The van der Waals surface area contributed by atoms with Gasteiger partial charge in [-0.3, -0.25) is 4.79 Å². The van der Waals surface area contributed by atoms with Gasteiger partial charge >= 0.3 is 0 Å². The quantitative estimate of drug-likeness (QED) is 0.777. The molecule has 0 N–H and O–H groups in total. The minimum Gasteiger partial charge on any atom is -0.298 e. The second kappa shape index (κ2) is 5.48. The van der Waals surface area contributed by atoms with E-state index in [0.717, 1.165) is 19.3 Å². The van der Waals surface area contributed by atoms with Crippen molar-refractivity contribution in [1.29, 1.82) is 0 Å². The van der Waals surface area contributed by atoms with Gasteiger partial charge < -0.3 is 0 Å². The summed E-state index contributed by atoms with van der Waals surface area (Å²) < 4.78 is 0. The average molecular weight is 262 g/mol. The second-order valence-corrected chi connectivity index (χ2v) is 7.50. The number of hydrogen-bond donors (Lipinski definition) is 0. The van der Waals surface area contributed by atoms with E-state index < -0.39 is 0 Å². The van der Waals surface area contributed by atoms with E-state index in [9.17, 15) is 4.79 Å². The van der Waals surface area contributed by atoms with E-state index in [2.05, 4.69) is 32.9 Å². The fourth-order valence-electron chi connectivity index (χ4n) is 2.55. The van der Waals surface area contributed by atoms with Gasteiger partial charge in [0.1, 0.15) is 5.78 Å². The van der Waals surface area contributed by atoms with Gasteiger partial charge in [-0.25, -0.2) is 0 Å². The van der Waals surface area contributed by atoms with Gasteiger partial charge in [-0.1, -0.05) is 39.0 Å². The molecule has 1 aliphatic rings. The number of benzene rings is 1. The molecule has 2 atom stereocenters. The Hall–Kier alpha value is -0.760. The molecule has 1 fully saturated rings. The van der Waals surface area contributed by atoms with Gasteiger partial charge in [0.25, 0.3) is 0 Å². The van der Waals surface area contributed by atoms with Crippen LogP contribution in [0, 0.1) is 11.3 Å². The Morgan fingerprint density at radius 1 is 1.17 bits per heavy atom. The first kappa shape index (κ1) is 13.7. The van der Waals surface area contributed by atoms with Crippen LogP contribution >= 0.6 is 11.8 Å². The predicted molar refractivity (Wildman–Crippen MR) is 77.9 cm³/mol. The Bertz CT molecular complexity index is 405. The smallest absolute Gasteiger partial charge is 0.146 e. The van der Waals surface area contributed by atoms with Gasteiger partial charge in [0.05, 0.1) is 5.25 Å². The lowest BCUT2D eigenvalue weighted by molar-refractivity contribution is -0.121. The minimum absolute atomic E-state index is 0.158. The summed E-state index contributed by atoms with van der Waals surface area (Å²) in [5.74, 6) is 1.10. The molecule has 0 heterocycles. The lowest BCUT2D eigenvalue weighted by atomic mass is 9.72. The SMILES string of the molecule is CC(C)(C)[C@@H]1CCC(=O)[C@@H](Sc2ccccc2)C1. The van der Waals surface area contributed by atoms with Crippen molar-refractivity contribution in [3.05, 3.63) is 30.3 Å². The van der Waals surface area contributed by atoms with Crippen LogP contribution in [0.15, 0.2) is 35.2 Å². The van der Waals surface area contributed by atoms with Crippen LogP contribution < -0.4 is 0 Å². The summed E-state index contributed by atoms with van der Waals surface area (Å²) in [6, 6.07) is 10.3. The fraction of sp³-hybridized carbons (Fsp3) is 0.562. The molecule has 1 aliphatic carbocycles. The van der Waals surface area contributed by atoms with E-state index in [-0.39, 0.29) is 5.25 Å². The molecule has 0 aliphatic heterocycles. The molecule has 2 heteroatoms. The van der Waals surface area contributed by atoms with Crippen LogP contribution in [0.3, 0.4) is 0 Å². The first-order valence-corrected chi connectivity index (χ1v) is 7.59. The first-order chi connectivity index (χ1) is 8.47.